The summed E-state index contributed by atoms with van der Waals surface area (Å²) in [5.41, 5.74) is 2.07. The van der Waals surface area contributed by atoms with Crippen LogP contribution in [0, 0.1) is 6.92 Å². The highest BCUT2D eigenvalue weighted by Gasteiger charge is 2.33. The predicted octanol–water partition coefficient (Wildman–Crippen LogP) is 4.67. The Morgan fingerprint density at radius 1 is 1.06 bits per heavy atom. The fraction of sp³-hybridized carbons (Fsp3) is 0.481. The number of amides is 2. The van der Waals surface area contributed by atoms with Crippen LogP contribution in [0.5, 0.6) is 0 Å². The van der Waals surface area contributed by atoms with E-state index in [-0.39, 0.29) is 18.5 Å². The van der Waals surface area contributed by atoms with Crippen molar-refractivity contribution in [2.75, 3.05) is 17.1 Å². The Hall–Kier alpha value is -2.58. The van der Waals surface area contributed by atoms with E-state index >= 15 is 0 Å². The Bertz CT molecular complexity index is 1150. The smallest absolute Gasteiger partial charge is 0.244 e. The molecule has 1 saturated carbocycles. The first-order valence-corrected chi connectivity index (χ1v) is 14.7. The van der Waals surface area contributed by atoms with Crippen molar-refractivity contribution in [1.82, 2.24) is 10.2 Å². The van der Waals surface area contributed by atoms with Crippen molar-refractivity contribution in [2.45, 2.75) is 71.0 Å². The van der Waals surface area contributed by atoms with Gasteiger partial charge < -0.3 is 10.2 Å². The normalized spacial score (nSPS) is 15.2. The molecular weight excluding hydrogens is 498 g/mol. The fourth-order valence-corrected chi connectivity index (χ4v) is 5.64. The van der Waals surface area contributed by atoms with E-state index in [1.807, 2.05) is 26.0 Å². The van der Waals surface area contributed by atoms with Gasteiger partial charge in [-0.3, -0.25) is 13.9 Å². The number of carbonyl (C=O) groups is 2. The molecule has 36 heavy (non-hydrogen) atoms. The molecule has 0 saturated heterocycles. The Morgan fingerprint density at radius 3 is 2.28 bits per heavy atom. The van der Waals surface area contributed by atoms with Crippen LogP contribution in [-0.2, 0) is 26.2 Å². The fourth-order valence-electron chi connectivity index (χ4n) is 4.60. The van der Waals surface area contributed by atoms with Gasteiger partial charge in [-0.1, -0.05) is 73.7 Å². The van der Waals surface area contributed by atoms with Crippen LogP contribution in [0.3, 0.4) is 0 Å². The highest BCUT2D eigenvalue weighted by Crippen LogP contribution is 2.23. The van der Waals surface area contributed by atoms with Crippen molar-refractivity contribution in [3.8, 4) is 0 Å². The number of hydrogen-bond acceptors (Lipinski definition) is 4. The molecule has 1 aliphatic carbocycles. The third-order valence-corrected chi connectivity index (χ3v) is 8.15. The average molecular weight is 534 g/mol. The second-order valence-corrected chi connectivity index (χ2v) is 11.8. The molecule has 2 aromatic rings. The van der Waals surface area contributed by atoms with Crippen molar-refractivity contribution in [3.05, 3.63) is 64.7 Å². The van der Waals surface area contributed by atoms with E-state index in [2.05, 4.69) is 5.32 Å². The summed E-state index contributed by atoms with van der Waals surface area (Å²) in [6.07, 6.45) is 6.63. The van der Waals surface area contributed by atoms with Crippen LogP contribution in [0.15, 0.2) is 48.5 Å². The molecule has 0 aromatic heterocycles. The molecule has 1 N–H and O–H groups in total. The van der Waals surface area contributed by atoms with Crippen molar-refractivity contribution in [2.24, 2.45) is 0 Å². The minimum Gasteiger partial charge on any atom is -0.352 e. The number of nitrogens with one attached hydrogen (secondary N) is 1. The first-order valence-electron chi connectivity index (χ1n) is 12.5. The van der Waals surface area contributed by atoms with E-state index in [0.29, 0.717) is 22.7 Å². The number of rotatable bonds is 10. The largest absolute Gasteiger partial charge is 0.352 e. The molecule has 3 rings (SSSR count). The van der Waals surface area contributed by atoms with E-state index in [0.717, 1.165) is 41.8 Å². The van der Waals surface area contributed by atoms with Crippen LogP contribution < -0.4 is 9.62 Å². The maximum absolute atomic E-state index is 13.7. The second kappa shape index (κ2) is 12.6. The van der Waals surface area contributed by atoms with Crippen molar-refractivity contribution in [3.63, 3.8) is 0 Å². The highest BCUT2D eigenvalue weighted by atomic mass is 35.5. The molecule has 7 nitrogen and oxygen atoms in total. The standard InChI is InChI=1S/C27H36ClN3O4S/c1-4-25(27(33)29-22-11-6-5-7-12-22)30(18-21-10-8-9-13-24(21)28)26(32)19-31(36(3,34)35)23-16-14-20(2)15-17-23/h8-10,13-17,22,25H,4-7,11-12,18-19H2,1-3H3,(H,29,33)/t25-/m0/s1. The quantitative estimate of drug-likeness (QED) is 0.481. The minimum absolute atomic E-state index is 0.0950. The molecule has 2 amide bonds. The van der Waals surface area contributed by atoms with Crippen LogP contribution in [0.25, 0.3) is 0 Å². The number of sulfonamides is 1. The molecule has 0 aliphatic heterocycles. The monoisotopic (exact) mass is 533 g/mol. The Kier molecular flexibility index (Phi) is 9.79. The third kappa shape index (κ3) is 7.46. The number of aryl methyl sites for hydroxylation is 1. The molecule has 0 spiro atoms. The van der Waals surface area contributed by atoms with Crippen LogP contribution in [0.2, 0.25) is 5.02 Å². The number of anilines is 1. The van der Waals surface area contributed by atoms with Gasteiger partial charge in [0.05, 0.1) is 11.9 Å². The maximum atomic E-state index is 13.7. The summed E-state index contributed by atoms with van der Waals surface area (Å²) in [6.45, 7) is 3.44. The molecule has 1 fully saturated rings. The van der Waals surface area contributed by atoms with Gasteiger partial charge in [-0.25, -0.2) is 8.42 Å². The Morgan fingerprint density at radius 2 is 1.69 bits per heavy atom. The number of hydrogen-bond donors (Lipinski definition) is 1. The molecule has 2 aromatic carbocycles. The third-order valence-electron chi connectivity index (χ3n) is 6.64. The number of halogens is 1. The lowest BCUT2D eigenvalue weighted by Gasteiger charge is -2.34. The predicted molar refractivity (Wildman–Crippen MR) is 144 cm³/mol. The summed E-state index contributed by atoms with van der Waals surface area (Å²) in [6, 6.07) is 13.5. The van der Waals surface area contributed by atoms with Gasteiger partial charge in [-0.2, -0.15) is 0 Å². The van der Waals surface area contributed by atoms with E-state index < -0.39 is 28.5 Å². The number of carbonyl (C=O) groups excluding carboxylic acids is 2. The first-order chi connectivity index (χ1) is 17.1. The van der Waals surface area contributed by atoms with Gasteiger partial charge in [0.1, 0.15) is 12.6 Å². The van der Waals surface area contributed by atoms with Crippen LogP contribution >= 0.6 is 11.6 Å². The van der Waals surface area contributed by atoms with E-state index in [9.17, 15) is 18.0 Å². The molecule has 0 unspecified atom stereocenters. The molecule has 1 atom stereocenters. The molecule has 196 valence electrons. The zero-order valence-corrected chi connectivity index (χ0v) is 22.8. The van der Waals surface area contributed by atoms with Gasteiger partial charge in [0.25, 0.3) is 0 Å². The molecule has 0 radical (unpaired) electrons. The Labute approximate surface area is 219 Å². The summed E-state index contributed by atoms with van der Waals surface area (Å²) in [4.78, 5) is 28.6. The number of nitrogens with zero attached hydrogens (tertiary/aromatic N) is 2. The van der Waals surface area contributed by atoms with Gasteiger partial charge in [0, 0.05) is 17.6 Å². The second-order valence-electron chi connectivity index (χ2n) is 9.49. The van der Waals surface area contributed by atoms with Gasteiger partial charge in [0.15, 0.2) is 0 Å². The van der Waals surface area contributed by atoms with Gasteiger partial charge in [-0.05, 0) is 49.9 Å². The van der Waals surface area contributed by atoms with Crippen molar-refractivity contribution in [1.29, 1.82) is 0 Å². The van der Waals surface area contributed by atoms with Crippen molar-refractivity contribution < 1.29 is 18.0 Å². The average Bonchev–Trinajstić information content (AvgIpc) is 2.84. The van der Waals surface area contributed by atoms with Gasteiger partial charge in [-0.15, -0.1) is 0 Å². The highest BCUT2D eigenvalue weighted by molar-refractivity contribution is 7.92. The first kappa shape index (κ1) is 28.0. The van der Waals surface area contributed by atoms with Crippen LogP contribution in [-0.4, -0.2) is 50.0 Å². The molecule has 0 heterocycles. The SMILES string of the molecule is CC[C@@H](C(=O)NC1CCCCC1)N(Cc1ccccc1Cl)C(=O)CN(c1ccc(C)cc1)S(C)(=O)=O. The molecule has 9 heteroatoms. The summed E-state index contributed by atoms with van der Waals surface area (Å²) in [7, 11) is -3.76. The maximum Gasteiger partial charge on any atom is 0.244 e. The lowest BCUT2D eigenvalue weighted by atomic mass is 9.95. The summed E-state index contributed by atoms with van der Waals surface area (Å²) in [5.74, 6) is -0.683. The zero-order valence-electron chi connectivity index (χ0n) is 21.2. The molecular formula is C27H36ClN3O4S. The van der Waals surface area contributed by atoms with E-state index in [4.69, 9.17) is 11.6 Å². The van der Waals surface area contributed by atoms with Gasteiger partial charge in [0.2, 0.25) is 21.8 Å². The lowest BCUT2D eigenvalue weighted by Crippen LogP contribution is -2.54. The topological polar surface area (TPSA) is 86.8 Å². The van der Waals surface area contributed by atoms with Crippen LogP contribution in [0.1, 0.15) is 56.6 Å². The van der Waals surface area contributed by atoms with Crippen molar-refractivity contribution >= 4 is 39.1 Å². The summed E-state index contributed by atoms with van der Waals surface area (Å²) >= 11 is 6.40. The Balaban J connectivity index is 1.91. The van der Waals surface area contributed by atoms with Crippen LogP contribution in [0.4, 0.5) is 5.69 Å². The minimum atomic E-state index is -3.76. The summed E-state index contributed by atoms with van der Waals surface area (Å²) < 4.78 is 26.4. The van der Waals surface area contributed by atoms with E-state index in [1.54, 1.807) is 36.4 Å². The lowest BCUT2D eigenvalue weighted by molar-refractivity contribution is -0.140. The zero-order chi connectivity index (χ0) is 26.3. The van der Waals surface area contributed by atoms with E-state index in [1.165, 1.54) is 11.3 Å². The molecule has 1 aliphatic rings. The van der Waals surface area contributed by atoms with Gasteiger partial charge >= 0.3 is 0 Å². The molecule has 0 bridgehead atoms. The number of benzene rings is 2. The summed E-state index contributed by atoms with van der Waals surface area (Å²) in [5, 5.41) is 3.61.